The predicted molar refractivity (Wildman–Crippen MR) is 76.3 cm³/mol. The van der Waals surface area contributed by atoms with Gasteiger partial charge in [-0.15, -0.1) is 0 Å². The van der Waals surface area contributed by atoms with Crippen LogP contribution in [0.1, 0.15) is 23.6 Å². The molecule has 0 saturated heterocycles. The molecule has 2 heteroatoms. The van der Waals surface area contributed by atoms with Crippen molar-refractivity contribution in [1.82, 2.24) is 0 Å². The van der Waals surface area contributed by atoms with Gasteiger partial charge in [0.2, 0.25) is 0 Å². The second kappa shape index (κ2) is 6.19. The molecule has 2 rings (SSSR count). The molecule has 2 aromatic carbocycles. The van der Waals surface area contributed by atoms with Crippen LogP contribution in [-0.2, 0) is 17.8 Å². The molecule has 0 saturated carbocycles. The van der Waals surface area contributed by atoms with E-state index in [0.717, 1.165) is 11.3 Å². The van der Waals surface area contributed by atoms with Gasteiger partial charge < -0.3 is 4.74 Å². The average molecular weight is 254 g/mol. The smallest absolute Gasteiger partial charge is 0.134 e. The second-order valence-electron chi connectivity index (χ2n) is 4.74. The molecule has 0 aliphatic carbocycles. The zero-order valence-corrected chi connectivity index (χ0v) is 11.3. The Morgan fingerprint density at radius 3 is 2.37 bits per heavy atom. The summed E-state index contributed by atoms with van der Waals surface area (Å²) in [5, 5.41) is 0. The molecule has 0 radical (unpaired) electrons. The first kappa shape index (κ1) is 13.3. The summed E-state index contributed by atoms with van der Waals surface area (Å²) in [5.41, 5.74) is 3.45. The maximum absolute atomic E-state index is 11.0. The SMILES string of the molecule is CC(=O)Cc1ccc(OCc2ccccc2C)cc1. The lowest BCUT2D eigenvalue weighted by molar-refractivity contribution is -0.116. The van der Waals surface area contributed by atoms with E-state index in [-0.39, 0.29) is 5.78 Å². The molecule has 0 unspecified atom stereocenters. The molecule has 0 heterocycles. The lowest BCUT2D eigenvalue weighted by atomic mass is 10.1. The normalized spacial score (nSPS) is 10.2. The standard InChI is InChI=1S/C17H18O2/c1-13-5-3-4-6-16(13)12-19-17-9-7-15(8-10-17)11-14(2)18/h3-10H,11-12H2,1-2H3. The van der Waals surface area contributed by atoms with Crippen molar-refractivity contribution in [1.29, 1.82) is 0 Å². The molecule has 98 valence electrons. The maximum atomic E-state index is 11.0. The van der Waals surface area contributed by atoms with Gasteiger partial charge in [-0.25, -0.2) is 0 Å². The van der Waals surface area contributed by atoms with Gasteiger partial charge in [0.05, 0.1) is 0 Å². The highest BCUT2D eigenvalue weighted by molar-refractivity contribution is 5.78. The first-order valence-electron chi connectivity index (χ1n) is 6.41. The Kier molecular flexibility index (Phi) is 4.35. The largest absolute Gasteiger partial charge is 0.489 e. The van der Waals surface area contributed by atoms with E-state index in [1.807, 2.05) is 36.4 Å². The molecule has 19 heavy (non-hydrogen) atoms. The van der Waals surface area contributed by atoms with Crippen molar-refractivity contribution >= 4 is 5.78 Å². The highest BCUT2D eigenvalue weighted by Crippen LogP contribution is 2.16. The molecule has 0 atom stereocenters. The first-order valence-corrected chi connectivity index (χ1v) is 6.41. The van der Waals surface area contributed by atoms with Crippen LogP contribution in [0.3, 0.4) is 0 Å². The Morgan fingerprint density at radius 2 is 1.74 bits per heavy atom. The fraction of sp³-hybridized carbons (Fsp3) is 0.235. The highest BCUT2D eigenvalue weighted by Gasteiger charge is 2.01. The van der Waals surface area contributed by atoms with E-state index in [9.17, 15) is 4.79 Å². The number of benzene rings is 2. The molecule has 0 bridgehead atoms. The Balaban J connectivity index is 1.97. The van der Waals surface area contributed by atoms with Gasteiger partial charge in [-0.1, -0.05) is 36.4 Å². The Labute approximate surface area is 114 Å². The van der Waals surface area contributed by atoms with Gasteiger partial charge in [0, 0.05) is 6.42 Å². The Morgan fingerprint density at radius 1 is 1.05 bits per heavy atom. The summed E-state index contributed by atoms with van der Waals surface area (Å²) in [6.07, 6.45) is 0.484. The van der Waals surface area contributed by atoms with Crippen molar-refractivity contribution in [3.8, 4) is 5.75 Å². The van der Waals surface area contributed by atoms with E-state index >= 15 is 0 Å². The molecule has 0 aliphatic rings. The van der Waals surface area contributed by atoms with Gasteiger partial charge in [-0.2, -0.15) is 0 Å². The third kappa shape index (κ3) is 3.95. The van der Waals surface area contributed by atoms with E-state index in [1.165, 1.54) is 11.1 Å². The summed E-state index contributed by atoms with van der Waals surface area (Å²) < 4.78 is 5.75. The predicted octanol–water partition coefficient (Wildman–Crippen LogP) is 3.71. The molecule has 0 N–H and O–H groups in total. The molecular weight excluding hydrogens is 236 g/mol. The zero-order valence-electron chi connectivity index (χ0n) is 11.3. The number of carbonyl (C=O) groups excluding carboxylic acids is 1. The van der Waals surface area contributed by atoms with Crippen LogP contribution in [0.5, 0.6) is 5.75 Å². The fourth-order valence-corrected chi connectivity index (χ4v) is 1.92. The van der Waals surface area contributed by atoms with Crippen LogP contribution >= 0.6 is 0 Å². The number of ketones is 1. The summed E-state index contributed by atoms with van der Waals surface area (Å²) in [5.74, 6) is 1.00. The van der Waals surface area contributed by atoms with E-state index in [4.69, 9.17) is 4.74 Å². The average Bonchev–Trinajstić information content (AvgIpc) is 2.39. The summed E-state index contributed by atoms with van der Waals surface area (Å²) >= 11 is 0. The minimum absolute atomic E-state index is 0.175. The number of Topliss-reactive ketones (excluding diaryl/α,β-unsaturated/α-hetero) is 1. The molecule has 0 spiro atoms. The quantitative estimate of drug-likeness (QED) is 0.813. The molecule has 0 fully saturated rings. The van der Waals surface area contributed by atoms with Crippen molar-refractivity contribution in [2.24, 2.45) is 0 Å². The summed E-state index contributed by atoms with van der Waals surface area (Å²) in [6, 6.07) is 15.9. The lowest BCUT2D eigenvalue weighted by Crippen LogP contribution is -1.99. The van der Waals surface area contributed by atoms with E-state index < -0.39 is 0 Å². The third-order valence-corrected chi connectivity index (χ3v) is 3.03. The molecular formula is C17H18O2. The number of hydrogen-bond donors (Lipinski definition) is 0. The van der Waals surface area contributed by atoms with Gasteiger partial charge in [-0.3, -0.25) is 4.79 Å². The summed E-state index contributed by atoms with van der Waals surface area (Å²) in [7, 11) is 0. The lowest BCUT2D eigenvalue weighted by Gasteiger charge is -2.09. The summed E-state index contributed by atoms with van der Waals surface area (Å²) in [6.45, 7) is 4.25. The van der Waals surface area contributed by atoms with Gasteiger partial charge in [-0.05, 0) is 42.7 Å². The number of ether oxygens (including phenoxy) is 1. The van der Waals surface area contributed by atoms with Gasteiger partial charge in [0.1, 0.15) is 18.1 Å². The maximum Gasteiger partial charge on any atom is 0.134 e. The van der Waals surface area contributed by atoms with Crippen molar-refractivity contribution in [3.63, 3.8) is 0 Å². The van der Waals surface area contributed by atoms with Crippen LogP contribution in [-0.4, -0.2) is 5.78 Å². The third-order valence-electron chi connectivity index (χ3n) is 3.03. The van der Waals surface area contributed by atoms with Crippen LogP contribution in [0.2, 0.25) is 0 Å². The van der Waals surface area contributed by atoms with Crippen LogP contribution < -0.4 is 4.74 Å². The van der Waals surface area contributed by atoms with Crippen LogP contribution in [0.4, 0.5) is 0 Å². The van der Waals surface area contributed by atoms with Crippen LogP contribution in [0, 0.1) is 6.92 Å². The van der Waals surface area contributed by atoms with Crippen molar-refractivity contribution < 1.29 is 9.53 Å². The van der Waals surface area contributed by atoms with Crippen molar-refractivity contribution in [2.45, 2.75) is 26.9 Å². The van der Waals surface area contributed by atoms with Crippen molar-refractivity contribution in [3.05, 3.63) is 65.2 Å². The number of carbonyl (C=O) groups is 1. The molecule has 0 amide bonds. The molecule has 0 aliphatic heterocycles. The molecule has 0 aromatic heterocycles. The Hall–Kier alpha value is -2.09. The van der Waals surface area contributed by atoms with Crippen molar-refractivity contribution in [2.75, 3.05) is 0 Å². The monoisotopic (exact) mass is 254 g/mol. The van der Waals surface area contributed by atoms with Gasteiger partial charge in [0.25, 0.3) is 0 Å². The fourth-order valence-electron chi connectivity index (χ4n) is 1.92. The summed E-state index contributed by atoms with van der Waals surface area (Å²) in [4.78, 5) is 11.0. The molecule has 2 nitrogen and oxygen atoms in total. The van der Waals surface area contributed by atoms with Crippen LogP contribution in [0.25, 0.3) is 0 Å². The minimum Gasteiger partial charge on any atom is -0.489 e. The zero-order chi connectivity index (χ0) is 13.7. The molecule has 2 aromatic rings. The number of hydrogen-bond acceptors (Lipinski definition) is 2. The van der Waals surface area contributed by atoms with Crippen LogP contribution in [0.15, 0.2) is 48.5 Å². The van der Waals surface area contributed by atoms with E-state index in [2.05, 4.69) is 19.1 Å². The Bertz CT molecular complexity index is 556. The topological polar surface area (TPSA) is 26.3 Å². The van der Waals surface area contributed by atoms with Gasteiger partial charge in [0.15, 0.2) is 0 Å². The van der Waals surface area contributed by atoms with Gasteiger partial charge >= 0.3 is 0 Å². The van der Waals surface area contributed by atoms with E-state index in [1.54, 1.807) is 6.92 Å². The van der Waals surface area contributed by atoms with E-state index in [0.29, 0.717) is 13.0 Å². The number of aryl methyl sites for hydroxylation is 1. The second-order valence-corrected chi connectivity index (χ2v) is 4.74. The first-order chi connectivity index (χ1) is 9.15. The highest BCUT2D eigenvalue weighted by atomic mass is 16.5. The number of rotatable bonds is 5. The minimum atomic E-state index is 0.175.